The lowest BCUT2D eigenvalue weighted by atomic mass is 10.2. The monoisotopic (exact) mass is 227 g/mol. The summed E-state index contributed by atoms with van der Waals surface area (Å²) in [6, 6.07) is -0.109. The Balaban J connectivity index is 1.89. The van der Waals surface area contributed by atoms with Gasteiger partial charge in [-0.15, -0.1) is 0 Å². The van der Waals surface area contributed by atoms with Gasteiger partial charge in [0.25, 0.3) is 0 Å². The molecule has 0 bridgehead atoms. The number of nitrogens with zero attached hydrogens (tertiary/aromatic N) is 2. The highest BCUT2D eigenvalue weighted by Gasteiger charge is 2.27. The lowest BCUT2D eigenvalue weighted by Gasteiger charge is -2.08. The summed E-state index contributed by atoms with van der Waals surface area (Å²) in [5, 5.41) is 12.4. The Kier molecular flexibility index (Phi) is 2.86. The van der Waals surface area contributed by atoms with E-state index in [0.29, 0.717) is 5.92 Å². The second-order valence-corrected chi connectivity index (χ2v) is 4.63. The molecule has 0 aromatic carbocycles. The molecule has 1 aliphatic rings. The molecular formula is C9H13N3O2S. The van der Waals surface area contributed by atoms with E-state index in [1.807, 2.05) is 6.92 Å². The van der Waals surface area contributed by atoms with Gasteiger partial charge in [-0.3, -0.25) is 4.79 Å². The predicted molar refractivity (Wildman–Crippen MR) is 57.2 cm³/mol. The molecule has 0 amide bonds. The Morgan fingerprint density at radius 3 is 3.07 bits per heavy atom. The first-order chi connectivity index (χ1) is 7.15. The van der Waals surface area contributed by atoms with Crippen LogP contribution in [0.25, 0.3) is 0 Å². The first kappa shape index (κ1) is 10.4. The van der Waals surface area contributed by atoms with Gasteiger partial charge < -0.3 is 10.4 Å². The van der Waals surface area contributed by atoms with E-state index in [-0.39, 0.29) is 12.5 Å². The average molecular weight is 227 g/mol. The van der Waals surface area contributed by atoms with Gasteiger partial charge in [0.05, 0.1) is 6.42 Å². The van der Waals surface area contributed by atoms with Crippen molar-refractivity contribution in [2.24, 2.45) is 0 Å². The van der Waals surface area contributed by atoms with Gasteiger partial charge in [-0.1, -0.05) is 0 Å². The molecular weight excluding hydrogens is 214 g/mol. The molecule has 1 fully saturated rings. The molecule has 0 saturated heterocycles. The molecule has 2 rings (SSSR count). The maximum absolute atomic E-state index is 10.5. The highest BCUT2D eigenvalue weighted by atomic mass is 32.1. The lowest BCUT2D eigenvalue weighted by molar-refractivity contribution is -0.137. The quantitative estimate of drug-likeness (QED) is 0.800. The molecule has 1 atom stereocenters. The van der Waals surface area contributed by atoms with Crippen LogP contribution < -0.4 is 5.32 Å². The maximum atomic E-state index is 10.5. The zero-order valence-electron chi connectivity index (χ0n) is 8.43. The van der Waals surface area contributed by atoms with Crippen LogP contribution in [0, 0.1) is 0 Å². The van der Waals surface area contributed by atoms with Crippen molar-refractivity contribution in [1.82, 2.24) is 9.36 Å². The number of hydrogen-bond donors (Lipinski definition) is 2. The van der Waals surface area contributed by atoms with Gasteiger partial charge in [-0.25, -0.2) is 4.98 Å². The van der Waals surface area contributed by atoms with Crippen LogP contribution in [0.1, 0.15) is 37.9 Å². The number of aromatic nitrogens is 2. The van der Waals surface area contributed by atoms with Gasteiger partial charge >= 0.3 is 5.97 Å². The van der Waals surface area contributed by atoms with Gasteiger partial charge in [0.1, 0.15) is 5.82 Å². The molecule has 1 saturated carbocycles. The van der Waals surface area contributed by atoms with E-state index in [1.54, 1.807) is 0 Å². The summed E-state index contributed by atoms with van der Waals surface area (Å²) in [5.74, 6) is 0.651. The first-order valence-electron chi connectivity index (χ1n) is 4.97. The highest BCUT2D eigenvalue weighted by Crippen LogP contribution is 2.39. The number of carbonyl (C=O) groups is 1. The summed E-state index contributed by atoms with van der Waals surface area (Å²) in [6.07, 6.45) is 2.46. The Hall–Kier alpha value is -1.17. The standard InChI is InChI=1S/C9H13N3O2S/c1-5(4-7(13)14)10-9-11-8(12-15-9)6-2-3-6/h5-6H,2-4H2,1H3,(H,13,14)(H,10,11,12). The van der Waals surface area contributed by atoms with Gasteiger partial charge in [-0.2, -0.15) is 4.37 Å². The van der Waals surface area contributed by atoms with Crippen LogP contribution in [0.3, 0.4) is 0 Å². The van der Waals surface area contributed by atoms with Crippen molar-refractivity contribution < 1.29 is 9.90 Å². The summed E-state index contributed by atoms with van der Waals surface area (Å²) in [6.45, 7) is 1.83. The van der Waals surface area contributed by atoms with E-state index >= 15 is 0 Å². The van der Waals surface area contributed by atoms with Crippen molar-refractivity contribution in [3.8, 4) is 0 Å². The molecule has 0 aliphatic heterocycles. The van der Waals surface area contributed by atoms with Crippen molar-refractivity contribution in [1.29, 1.82) is 0 Å². The van der Waals surface area contributed by atoms with E-state index in [9.17, 15) is 4.79 Å². The molecule has 1 aliphatic carbocycles. The minimum atomic E-state index is -0.804. The number of aliphatic carboxylic acids is 1. The smallest absolute Gasteiger partial charge is 0.305 e. The van der Waals surface area contributed by atoms with Crippen LogP contribution >= 0.6 is 11.5 Å². The Bertz CT molecular complexity index is 362. The van der Waals surface area contributed by atoms with Crippen LogP contribution in [0.2, 0.25) is 0 Å². The summed E-state index contributed by atoms with van der Waals surface area (Å²) in [7, 11) is 0. The second kappa shape index (κ2) is 4.14. The lowest BCUT2D eigenvalue weighted by Crippen LogP contribution is -2.19. The fourth-order valence-corrected chi connectivity index (χ4v) is 2.08. The molecule has 2 N–H and O–H groups in total. The number of carboxylic acid groups (broad SMARTS) is 1. The molecule has 1 aromatic heterocycles. The van der Waals surface area contributed by atoms with Crippen LogP contribution in [0.15, 0.2) is 0 Å². The zero-order valence-corrected chi connectivity index (χ0v) is 9.25. The zero-order chi connectivity index (χ0) is 10.8. The third kappa shape index (κ3) is 2.89. The number of hydrogen-bond acceptors (Lipinski definition) is 5. The van der Waals surface area contributed by atoms with Gasteiger partial charge in [0.15, 0.2) is 0 Å². The van der Waals surface area contributed by atoms with E-state index in [1.165, 1.54) is 24.4 Å². The SMILES string of the molecule is CC(CC(=O)O)Nc1nc(C2CC2)ns1. The third-order valence-electron chi connectivity index (χ3n) is 2.23. The number of anilines is 1. The fraction of sp³-hybridized carbons (Fsp3) is 0.667. The second-order valence-electron chi connectivity index (χ2n) is 3.88. The van der Waals surface area contributed by atoms with Crippen LogP contribution in [0.4, 0.5) is 5.13 Å². The summed E-state index contributed by atoms with van der Waals surface area (Å²) in [4.78, 5) is 14.8. The summed E-state index contributed by atoms with van der Waals surface area (Å²) in [5.41, 5.74) is 0. The van der Waals surface area contributed by atoms with Crippen molar-refractivity contribution in [3.05, 3.63) is 5.82 Å². The molecule has 15 heavy (non-hydrogen) atoms. The largest absolute Gasteiger partial charge is 0.481 e. The number of nitrogens with one attached hydrogen (secondary N) is 1. The Labute approximate surface area is 91.7 Å². The Morgan fingerprint density at radius 2 is 2.47 bits per heavy atom. The van der Waals surface area contributed by atoms with E-state index in [2.05, 4.69) is 14.7 Å². The predicted octanol–water partition coefficient (Wildman–Crippen LogP) is 1.69. The van der Waals surface area contributed by atoms with Gasteiger partial charge in [0, 0.05) is 23.5 Å². The molecule has 1 heterocycles. The fourth-order valence-electron chi connectivity index (χ4n) is 1.32. The average Bonchev–Trinajstić information content (AvgIpc) is 2.87. The van der Waals surface area contributed by atoms with Crippen LogP contribution in [-0.4, -0.2) is 26.5 Å². The molecule has 1 aromatic rings. The molecule has 0 radical (unpaired) electrons. The maximum Gasteiger partial charge on any atom is 0.305 e. The van der Waals surface area contributed by atoms with Crippen LogP contribution in [-0.2, 0) is 4.79 Å². The number of rotatable bonds is 5. The van der Waals surface area contributed by atoms with Crippen molar-refractivity contribution >= 4 is 22.6 Å². The van der Waals surface area contributed by atoms with Gasteiger partial charge in [0.2, 0.25) is 5.13 Å². The molecule has 1 unspecified atom stereocenters. The molecule has 6 heteroatoms. The van der Waals surface area contributed by atoms with Crippen molar-refractivity contribution in [2.75, 3.05) is 5.32 Å². The van der Waals surface area contributed by atoms with Crippen LogP contribution in [0.5, 0.6) is 0 Å². The third-order valence-corrected chi connectivity index (χ3v) is 2.90. The summed E-state index contributed by atoms with van der Waals surface area (Å²) < 4.78 is 4.23. The minimum Gasteiger partial charge on any atom is -0.481 e. The number of carboxylic acids is 1. The topological polar surface area (TPSA) is 75.1 Å². The van der Waals surface area contributed by atoms with Crippen molar-refractivity contribution in [2.45, 2.75) is 38.1 Å². The van der Waals surface area contributed by atoms with Crippen molar-refractivity contribution in [3.63, 3.8) is 0 Å². The molecule has 5 nitrogen and oxygen atoms in total. The van der Waals surface area contributed by atoms with E-state index < -0.39 is 5.97 Å². The highest BCUT2D eigenvalue weighted by molar-refractivity contribution is 7.09. The van der Waals surface area contributed by atoms with E-state index in [0.717, 1.165) is 11.0 Å². The summed E-state index contributed by atoms with van der Waals surface area (Å²) >= 11 is 1.31. The van der Waals surface area contributed by atoms with E-state index in [4.69, 9.17) is 5.11 Å². The van der Waals surface area contributed by atoms with Gasteiger partial charge in [-0.05, 0) is 19.8 Å². The first-order valence-corrected chi connectivity index (χ1v) is 5.74. The molecule has 82 valence electrons. The normalized spacial score (nSPS) is 17.4. The molecule has 0 spiro atoms. The minimum absolute atomic E-state index is 0.0956. The Morgan fingerprint density at radius 1 is 1.73 bits per heavy atom.